The molecule has 0 heterocycles. The Morgan fingerprint density at radius 3 is 2.68 bits per heavy atom. The summed E-state index contributed by atoms with van der Waals surface area (Å²) >= 11 is 5.65. The highest BCUT2D eigenvalue weighted by molar-refractivity contribution is 6.30. The summed E-state index contributed by atoms with van der Waals surface area (Å²) in [5.74, 6) is -1.43. The van der Waals surface area contributed by atoms with Crippen LogP contribution in [0.25, 0.3) is 0 Å². The van der Waals surface area contributed by atoms with Crippen LogP contribution in [0.4, 0.5) is 8.78 Å². The molecule has 19 heavy (non-hydrogen) atoms. The first kappa shape index (κ1) is 13.7. The molecule has 0 fully saturated rings. The normalized spacial score (nSPS) is 10.5. The lowest BCUT2D eigenvalue weighted by atomic mass is 9.99. The zero-order valence-electron chi connectivity index (χ0n) is 10.2. The lowest BCUT2D eigenvalue weighted by molar-refractivity contribution is 0.0991. The molecule has 2 aromatic rings. The van der Waals surface area contributed by atoms with E-state index in [0.29, 0.717) is 5.56 Å². The Balaban J connectivity index is 2.31. The predicted octanol–water partition coefficient (Wildman–Crippen LogP) is 4.35. The van der Waals surface area contributed by atoms with Crippen LogP contribution in [0.5, 0.6) is 0 Å². The van der Waals surface area contributed by atoms with Gasteiger partial charge in [0, 0.05) is 12.0 Å². The molecule has 0 unspecified atom stereocenters. The average molecular weight is 281 g/mol. The Labute approximate surface area is 114 Å². The summed E-state index contributed by atoms with van der Waals surface area (Å²) in [4.78, 5) is 12.1. The summed E-state index contributed by atoms with van der Waals surface area (Å²) in [6.45, 7) is 1.71. The lowest BCUT2D eigenvalue weighted by Crippen LogP contribution is -2.07. The van der Waals surface area contributed by atoms with Crippen LogP contribution in [0, 0.1) is 18.6 Å². The molecule has 0 aliphatic heterocycles. The largest absolute Gasteiger partial charge is 0.294 e. The van der Waals surface area contributed by atoms with Gasteiger partial charge in [0.25, 0.3) is 0 Å². The molecule has 0 amide bonds. The summed E-state index contributed by atoms with van der Waals surface area (Å²) in [5, 5.41) is -0.0266. The average Bonchev–Trinajstić information content (AvgIpc) is 2.38. The number of Topliss-reactive ketones (excluding diaryl/α,β-unsaturated/α-hetero) is 1. The van der Waals surface area contributed by atoms with Gasteiger partial charge in [-0.25, -0.2) is 8.78 Å². The van der Waals surface area contributed by atoms with Crippen molar-refractivity contribution < 1.29 is 13.6 Å². The van der Waals surface area contributed by atoms with Gasteiger partial charge in [0.1, 0.15) is 11.6 Å². The molecule has 0 spiro atoms. The summed E-state index contributed by atoms with van der Waals surface area (Å²) in [6.07, 6.45) is -0.142. The summed E-state index contributed by atoms with van der Waals surface area (Å²) < 4.78 is 26.8. The highest BCUT2D eigenvalue weighted by Crippen LogP contribution is 2.20. The molecule has 98 valence electrons. The van der Waals surface area contributed by atoms with Crippen molar-refractivity contribution in [2.24, 2.45) is 0 Å². The minimum absolute atomic E-state index is 0.0266. The van der Waals surface area contributed by atoms with E-state index >= 15 is 0 Å². The van der Waals surface area contributed by atoms with Gasteiger partial charge >= 0.3 is 0 Å². The van der Waals surface area contributed by atoms with Crippen LogP contribution in [0.1, 0.15) is 21.5 Å². The maximum absolute atomic E-state index is 13.7. The Morgan fingerprint density at radius 1 is 1.21 bits per heavy atom. The zero-order valence-corrected chi connectivity index (χ0v) is 11.0. The van der Waals surface area contributed by atoms with E-state index in [1.807, 2.05) is 0 Å². The minimum atomic E-state index is -0.605. The second-order valence-electron chi connectivity index (χ2n) is 4.27. The number of aryl methyl sites for hydroxylation is 1. The van der Waals surface area contributed by atoms with Crippen LogP contribution >= 0.6 is 11.6 Å². The number of rotatable bonds is 3. The zero-order chi connectivity index (χ0) is 14.0. The molecule has 2 rings (SSSR count). The van der Waals surface area contributed by atoms with E-state index in [2.05, 4.69) is 0 Å². The molecule has 0 aliphatic carbocycles. The highest BCUT2D eigenvalue weighted by Gasteiger charge is 2.14. The monoisotopic (exact) mass is 280 g/mol. The second kappa shape index (κ2) is 5.49. The molecular weight excluding hydrogens is 270 g/mol. The number of carbonyl (C=O) groups is 1. The Hall–Kier alpha value is -1.74. The van der Waals surface area contributed by atoms with Crippen molar-refractivity contribution in [2.75, 3.05) is 0 Å². The van der Waals surface area contributed by atoms with Crippen LogP contribution in [0.3, 0.4) is 0 Å². The number of benzene rings is 2. The molecular formula is C15H11ClF2O. The molecule has 2 aromatic carbocycles. The van der Waals surface area contributed by atoms with E-state index < -0.39 is 11.6 Å². The van der Waals surface area contributed by atoms with Gasteiger partial charge < -0.3 is 0 Å². The van der Waals surface area contributed by atoms with Crippen molar-refractivity contribution in [3.05, 3.63) is 69.7 Å². The molecule has 0 saturated heterocycles. The van der Waals surface area contributed by atoms with E-state index in [-0.39, 0.29) is 28.4 Å². The first-order valence-electron chi connectivity index (χ1n) is 5.71. The highest BCUT2D eigenvalue weighted by atomic mass is 35.5. The molecule has 0 atom stereocenters. The molecule has 1 nitrogen and oxygen atoms in total. The van der Waals surface area contributed by atoms with Gasteiger partial charge in [-0.15, -0.1) is 0 Å². The van der Waals surface area contributed by atoms with Gasteiger partial charge in [0.2, 0.25) is 0 Å². The van der Waals surface area contributed by atoms with Crippen LogP contribution in [-0.2, 0) is 6.42 Å². The predicted molar refractivity (Wildman–Crippen MR) is 70.6 cm³/mol. The fourth-order valence-corrected chi connectivity index (χ4v) is 2.04. The quantitative estimate of drug-likeness (QED) is 0.764. The number of carbonyl (C=O) groups excluding carboxylic acids is 1. The van der Waals surface area contributed by atoms with E-state index in [9.17, 15) is 13.6 Å². The molecule has 0 bridgehead atoms. The van der Waals surface area contributed by atoms with Crippen molar-refractivity contribution in [3.8, 4) is 0 Å². The summed E-state index contributed by atoms with van der Waals surface area (Å²) in [6, 6.07) is 8.46. The van der Waals surface area contributed by atoms with E-state index in [0.717, 1.165) is 0 Å². The van der Waals surface area contributed by atoms with Crippen LogP contribution < -0.4 is 0 Å². The van der Waals surface area contributed by atoms with Gasteiger partial charge in [0.05, 0.1) is 5.02 Å². The molecule has 0 aromatic heterocycles. The van der Waals surface area contributed by atoms with Crippen molar-refractivity contribution in [3.63, 3.8) is 0 Å². The smallest absolute Gasteiger partial charge is 0.167 e. The lowest BCUT2D eigenvalue weighted by Gasteiger charge is -2.07. The second-order valence-corrected chi connectivity index (χ2v) is 4.68. The van der Waals surface area contributed by atoms with Crippen molar-refractivity contribution in [1.82, 2.24) is 0 Å². The Kier molecular flexibility index (Phi) is 3.96. The standard InChI is InChI=1S/C15H11ClF2O/c1-9-5-6-11(17)8-12(9)14(19)7-10-3-2-4-13(16)15(10)18/h2-6,8H,7H2,1H3. The van der Waals surface area contributed by atoms with Gasteiger partial charge in [-0.3, -0.25) is 4.79 Å². The number of hydrogen-bond acceptors (Lipinski definition) is 1. The first-order valence-corrected chi connectivity index (χ1v) is 6.09. The SMILES string of the molecule is Cc1ccc(F)cc1C(=O)Cc1cccc(Cl)c1F. The van der Waals surface area contributed by atoms with Crippen LogP contribution in [0.2, 0.25) is 5.02 Å². The van der Waals surface area contributed by atoms with Gasteiger partial charge in [-0.2, -0.15) is 0 Å². The molecule has 0 aliphatic rings. The minimum Gasteiger partial charge on any atom is -0.294 e. The number of halogens is 3. The third-order valence-corrected chi connectivity index (χ3v) is 3.17. The fraction of sp³-hybridized carbons (Fsp3) is 0.133. The number of ketones is 1. The molecule has 0 saturated carbocycles. The molecule has 0 radical (unpaired) electrons. The van der Waals surface area contributed by atoms with E-state index in [1.165, 1.54) is 30.3 Å². The van der Waals surface area contributed by atoms with Gasteiger partial charge in [0.15, 0.2) is 5.78 Å². The summed E-state index contributed by atoms with van der Waals surface area (Å²) in [5.41, 5.74) is 1.13. The van der Waals surface area contributed by atoms with E-state index in [1.54, 1.807) is 13.0 Å². The van der Waals surface area contributed by atoms with Crippen molar-refractivity contribution >= 4 is 17.4 Å². The van der Waals surface area contributed by atoms with Crippen LogP contribution in [-0.4, -0.2) is 5.78 Å². The molecule has 0 N–H and O–H groups in total. The maximum Gasteiger partial charge on any atom is 0.167 e. The first-order chi connectivity index (χ1) is 8.99. The Morgan fingerprint density at radius 2 is 1.95 bits per heavy atom. The summed E-state index contributed by atoms with van der Waals surface area (Å²) in [7, 11) is 0. The topological polar surface area (TPSA) is 17.1 Å². The van der Waals surface area contributed by atoms with Crippen LogP contribution in [0.15, 0.2) is 36.4 Å². The molecule has 4 heteroatoms. The third kappa shape index (κ3) is 2.99. The van der Waals surface area contributed by atoms with E-state index in [4.69, 9.17) is 11.6 Å². The van der Waals surface area contributed by atoms with Crippen molar-refractivity contribution in [2.45, 2.75) is 13.3 Å². The maximum atomic E-state index is 13.7. The van der Waals surface area contributed by atoms with Gasteiger partial charge in [-0.05, 0) is 36.2 Å². The third-order valence-electron chi connectivity index (χ3n) is 2.88. The number of hydrogen-bond donors (Lipinski definition) is 0. The van der Waals surface area contributed by atoms with Crippen molar-refractivity contribution in [1.29, 1.82) is 0 Å². The van der Waals surface area contributed by atoms with Gasteiger partial charge in [-0.1, -0.05) is 29.8 Å². The fourth-order valence-electron chi connectivity index (χ4n) is 1.85. The Bertz CT molecular complexity index is 638.